The largest absolute Gasteiger partial charge is 0.361 e. The van der Waals surface area contributed by atoms with Crippen LogP contribution in [0.5, 0.6) is 0 Å². The van der Waals surface area contributed by atoms with Crippen LogP contribution in [0.4, 0.5) is 0 Å². The van der Waals surface area contributed by atoms with Crippen molar-refractivity contribution >= 4 is 32.6 Å². The number of hydrogen-bond acceptors (Lipinski definition) is 4. The van der Waals surface area contributed by atoms with Crippen LogP contribution < -0.4 is 5.32 Å². The Morgan fingerprint density at radius 1 is 1.30 bits per heavy atom. The summed E-state index contributed by atoms with van der Waals surface area (Å²) in [6, 6.07) is 7.70. The van der Waals surface area contributed by atoms with Crippen LogP contribution in [0.3, 0.4) is 0 Å². The fraction of sp³-hybridized carbons (Fsp3) is 0.474. The van der Waals surface area contributed by atoms with Gasteiger partial charge in [-0.05, 0) is 24.5 Å². The molecule has 2 N–H and O–H groups in total. The molecule has 0 aliphatic carbocycles. The van der Waals surface area contributed by atoms with E-state index in [4.69, 9.17) is 0 Å². The van der Waals surface area contributed by atoms with Crippen molar-refractivity contribution in [1.29, 1.82) is 0 Å². The minimum atomic E-state index is -3.07. The minimum Gasteiger partial charge on any atom is -0.361 e. The molecule has 2 heterocycles. The Bertz CT molecular complexity index is 935. The van der Waals surface area contributed by atoms with Gasteiger partial charge < -0.3 is 15.2 Å². The molecular weight excluding hydrogens is 366 g/mol. The zero-order chi connectivity index (χ0) is 19.4. The second-order valence-corrected chi connectivity index (χ2v) is 9.21. The number of aromatic amines is 1. The fourth-order valence-electron chi connectivity index (χ4n) is 3.60. The Morgan fingerprint density at radius 2 is 2.07 bits per heavy atom. The van der Waals surface area contributed by atoms with Gasteiger partial charge in [0.05, 0.1) is 11.5 Å². The van der Waals surface area contributed by atoms with Crippen LogP contribution >= 0.6 is 0 Å². The molecule has 2 aromatic rings. The molecule has 8 heteroatoms. The number of carbonyl (C=O) groups is 2. The van der Waals surface area contributed by atoms with E-state index in [1.807, 2.05) is 30.5 Å². The first-order valence-corrected chi connectivity index (χ1v) is 11.0. The molecule has 0 saturated carbocycles. The number of nitrogens with zero attached hydrogens (tertiary/aromatic N) is 1. The van der Waals surface area contributed by atoms with E-state index in [2.05, 4.69) is 10.3 Å². The Hall–Kier alpha value is -2.35. The predicted molar refractivity (Wildman–Crippen MR) is 104 cm³/mol. The van der Waals surface area contributed by atoms with E-state index in [9.17, 15) is 18.0 Å². The standard InChI is InChI=1S/C19H25N3O4S/c1-14(23)22(16-8-11-27(25,26)13-16)10-7-19(24)20-9-6-15-12-21-18-5-3-2-4-17(15)18/h2-5,12,16,21H,6-11,13H2,1H3,(H,20,24). The van der Waals surface area contributed by atoms with Crippen molar-refractivity contribution in [2.75, 3.05) is 24.6 Å². The molecule has 0 spiro atoms. The van der Waals surface area contributed by atoms with E-state index >= 15 is 0 Å². The van der Waals surface area contributed by atoms with E-state index in [-0.39, 0.29) is 42.3 Å². The summed E-state index contributed by atoms with van der Waals surface area (Å²) < 4.78 is 23.3. The lowest BCUT2D eigenvalue weighted by molar-refractivity contribution is -0.131. The second-order valence-electron chi connectivity index (χ2n) is 6.98. The molecule has 1 saturated heterocycles. The zero-order valence-corrected chi connectivity index (χ0v) is 16.2. The number of carbonyl (C=O) groups excluding carboxylic acids is 2. The van der Waals surface area contributed by atoms with E-state index in [0.717, 1.165) is 16.5 Å². The Labute approximate surface area is 159 Å². The summed E-state index contributed by atoms with van der Waals surface area (Å²) in [5, 5.41) is 4.03. The van der Waals surface area contributed by atoms with Crippen molar-refractivity contribution in [3.63, 3.8) is 0 Å². The number of para-hydroxylation sites is 1. The number of benzene rings is 1. The maximum atomic E-state index is 12.1. The van der Waals surface area contributed by atoms with Gasteiger partial charge in [0.15, 0.2) is 9.84 Å². The van der Waals surface area contributed by atoms with Crippen LogP contribution in [0.1, 0.15) is 25.3 Å². The molecule has 1 fully saturated rings. The molecule has 3 rings (SSSR count). The van der Waals surface area contributed by atoms with Crippen LogP contribution in [-0.4, -0.2) is 60.8 Å². The first kappa shape index (κ1) is 19.4. The first-order valence-electron chi connectivity index (χ1n) is 9.15. The van der Waals surface area contributed by atoms with Crippen molar-refractivity contribution in [3.8, 4) is 0 Å². The molecule has 2 amide bonds. The van der Waals surface area contributed by atoms with Crippen LogP contribution in [0.25, 0.3) is 10.9 Å². The molecule has 1 atom stereocenters. The lowest BCUT2D eigenvalue weighted by atomic mass is 10.1. The number of amides is 2. The van der Waals surface area contributed by atoms with Crippen LogP contribution in [0.2, 0.25) is 0 Å². The number of hydrogen-bond donors (Lipinski definition) is 2. The number of sulfone groups is 1. The third kappa shape index (κ3) is 4.88. The summed E-state index contributed by atoms with van der Waals surface area (Å²) >= 11 is 0. The Morgan fingerprint density at radius 3 is 2.78 bits per heavy atom. The summed E-state index contributed by atoms with van der Waals surface area (Å²) in [7, 11) is -3.07. The van der Waals surface area contributed by atoms with E-state index < -0.39 is 9.84 Å². The highest BCUT2D eigenvalue weighted by atomic mass is 32.2. The van der Waals surface area contributed by atoms with E-state index in [1.165, 1.54) is 11.8 Å². The molecule has 1 unspecified atom stereocenters. The highest BCUT2D eigenvalue weighted by molar-refractivity contribution is 7.91. The normalized spacial score (nSPS) is 18.5. The molecule has 1 aliphatic heterocycles. The fourth-order valence-corrected chi connectivity index (χ4v) is 5.33. The molecular formula is C19H25N3O4S. The van der Waals surface area contributed by atoms with Gasteiger partial charge in [0, 0.05) is 49.6 Å². The van der Waals surface area contributed by atoms with Crippen molar-refractivity contribution in [2.45, 2.75) is 32.2 Å². The topological polar surface area (TPSA) is 99.3 Å². The molecule has 0 radical (unpaired) electrons. The van der Waals surface area contributed by atoms with Gasteiger partial charge in [-0.15, -0.1) is 0 Å². The van der Waals surface area contributed by atoms with Crippen LogP contribution in [-0.2, 0) is 25.8 Å². The van der Waals surface area contributed by atoms with Gasteiger partial charge >= 0.3 is 0 Å². The van der Waals surface area contributed by atoms with Gasteiger partial charge in [-0.2, -0.15) is 0 Å². The summed E-state index contributed by atoms with van der Waals surface area (Å²) in [4.78, 5) is 28.7. The summed E-state index contributed by atoms with van der Waals surface area (Å²) in [6.45, 7) is 2.17. The van der Waals surface area contributed by atoms with E-state index in [0.29, 0.717) is 19.4 Å². The first-order chi connectivity index (χ1) is 12.9. The van der Waals surface area contributed by atoms with Gasteiger partial charge in [-0.1, -0.05) is 18.2 Å². The van der Waals surface area contributed by atoms with Gasteiger partial charge in [0.2, 0.25) is 11.8 Å². The molecule has 7 nitrogen and oxygen atoms in total. The number of aromatic nitrogens is 1. The third-order valence-corrected chi connectivity index (χ3v) is 6.78. The number of H-pyrrole nitrogens is 1. The number of rotatable bonds is 7. The second kappa shape index (κ2) is 8.12. The smallest absolute Gasteiger partial charge is 0.221 e. The van der Waals surface area contributed by atoms with E-state index in [1.54, 1.807) is 0 Å². The number of fused-ring (bicyclic) bond motifs is 1. The Kier molecular flexibility index (Phi) is 5.84. The lowest BCUT2D eigenvalue weighted by Crippen LogP contribution is -2.42. The quantitative estimate of drug-likeness (QED) is 0.742. The third-order valence-electron chi connectivity index (χ3n) is 5.02. The average molecular weight is 391 g/mol. The van der Waals surface area contributed by atoms with Gasteiger partial charge in [0.1, 0.15) is 0 Å². The highest BCUT2D eigenvalue weighted by Crippen LogP contribution is 2.19. The van der Waals surface area contributed by atoms with Crippen LogP contribution in [0.15, 0.2) is 30.5 Å². The molecule has 0 bridgehead atoms. The summed E-state index contributed by atoms with van der Waals surface area (Å²) in [5.41, 5.74) is 2.22. The van der Waals surface area contributed by atoms with Gasteiger partial charge in [0.25, 0.3) is 0 Å². The minimum absolute atomic E-state index is 0.00520. The van der Waals surface area contributed by atoms with Crippen LogP contribution in [0, 0.1) is 0 Å². The van der Waals surface area contributed by atoms with Crippen molar-refractivity contribution in [2.24, 2.45) is 0 Å². The molecule has 1 aromatic heterocycles. The van der Waals surface area contributed by atoms with Crippen molar-refractivity contribution in [1.82, 2.24) is 15.2 Å². The molecule has 146 valence electrons. The zero-order valence-electron chi connectivity index (χ0n) is 15.4. The predicted octanol–water partition coefficient (Wildman–Crippen LogP) is 1.25. The lowest BCUT2D eigenvalue weighted by Gasteiger charge is -2.26. The summed E-state index contributed by atoms with van der Waals surface area (Å²) in [6.07, 6.45) is 3.29. The van der Waals surface area contributed by atoms with Gasteiger partial charge in [-0.25, -0.2) is 8.42 Å². The molecule has 1 aromatic carbocycles. The van der Waals surface area contributed by atoms with Crippen molar-refractivity contribution in [3.05, 3.63) is 36.0 Å². The van der Waals surface area contributed by atoms with Crippen molar-refractivity contribution < 1.29 is 18.0 Å². The SMILES string of the molecule is CC(=O)N(CCC(=O)NCCc1c[nH]c2ccccc12)C1CCS(=O)(=O)C1. The maximum absolute atomic E-state index is 12.1. The Balaban J connectivity index is 1.46. The molecule has 27 heavy (non-hydrogen) atoms. The number of nitrogens with one attached hydrogen (secondary N) is 2. The monoisotopic (exact) mass is 391 g/mol. The average Bonchev–Trinajstić information content (AvgIpc) is 3.18. The summed E-state index contributed by atoms with van der Waals surface area (Å²) in [5.74, 6) is -0.224. The maximum Gasteiger partial charge on any atom is 0.221 e. The molecule has 1 aliphatic rings. The van der Waals surface area contributed by atoms with Gasteiger partial charge in [-0.3, -0.25) is 9.59 Å². The highest BCUT2D eigenvalue weighted by Gasteiger charge is 2.33.